The van der Waals surface area contributed by atoms with Crippen LogP contribution in [0.5, 0.6) is 5.75 Å². The Balaban J connectivity index is 1.76. The van der Waals surface area contributed by atoms with Gasteiger partial charge < -0.3 is 9.30 Å². The standard InChI is InChI=1S/C17H11ClF3N5O/c1-25-8-23-13-7-26(9-2-3-14(18)22-6-9)17(24-16(13)25)27-10-4-11(19)15(21)12(20)5-10/h2-6,8H,7H2,1H3. The maximum absolute atomic E-state index is 13.5. The number of aryl methyl sites for hydroxylation is 1. The van der Waals surface area contributed by atoms with Crippen molar-refractivity contribution in [1.82, 2.24) is 14.5 Å². The Hall–Kier alpha value is -3.07. The number of imidazole rings is 1. The van der Waals surface area contributed by atoms with E-state index in [2.05, 4.69) is 15.0 Å². The van der Waals surface area contributed by atoms with Gasteiger partial charge in [0.15, 0.2) is 23.3 Å². The van der Waals surface area contributed by atoms with E-state index in [0.717, 1.165) is 12.1 Å². The molecule has 0 spiro atoms. The highest BCUT2D eigenvalue weighted by Crippen LogP contribution is 2.30. The number of pyridine rings is 1. The van der Waals surface area contributed by atoms with Crippen molar-refractivity contribution in [3.05, 3.63) is 65.1 Å². The SMILES string of the molecule is Cn1cnc2c1N=C(Oc1cc(F)c(F)c(F)c1)N(c1ccc(Cl)nc1)C2. The van der Waals surface area contributed by atoms with Crippen molar-refractivity contribution in [3.8, 4) is 5.75 Å². The molecule has 0 saturated heterocycles. The van der Waals surface area contributed by atoms with E-state index in [4.69, 9.17) is 16.3 Å². The van der Waals surface area contributed by atoms with Gasteiger partial charge in [-0.3, -0.25) is 4.90 Å². The lowest BCUT2D eigenvalue weighted by Crippen LogP contribution is -2.37. The summed E-state index contributed by atoms with van der Waals surface area (Å²) in [5.74, 6) is -3.99. The quantitative estimate of drug-likeness (QED) is 0.488. The molecule has 0 amide bonds. The lowest BCUT2D eigenvalue weighted by Gasteiger charge is -2.27. The molecule has 1 aliphatic rings. The Morgan fingerprint density at radius 1 is 1.11 bits per heavy atom. The Morgan fingerprint density at radius 3 is 2.52 bits per heavy atom. The molecular weight excluding hydrogens is 383 g/mol. The first-order valence-corrected chi connectivity index (χ1v) is 8.10. The first-order chi connectivity index (χ1) is 12.9. The van der Waals surface area contributed by atoms with Crippen LogP contribution in [-0.4, -0.2) is 20.6 Å². The molecule has 10 heteroatoms. The van der Waals surface area contributed by atoms with Crippen LogP contribution in [0.1, 0.15) is 5.69 Å². The van der Waals surface area contributed by atoms with Crippen LogP contribution in [-0.2, 0) is 13.6 Å². The number of halogens is 4. The molecule has 0 saturated carbocycles. The van der Waals surface area contributed by atoms with Gasteiger partial charge in [-0.1, -0.05) is 11.6 Å². The second-order valence-corrected chi connectivity index (χ2v) is 6.14. The minimum Gasteiger partial charge on any atom is -0.425 e. The van der Waals surface area contributed by atoms with E-state index in [9.17, 15) is 13.2 Å². The number of ether oxygens (including phenoxy) is 1. The third-order valence-corrected chi connectivity index (χ3v) is 4.13. The summed E-state index contributed by atoms with van der Waals surface area (Å²) in [7, 11) is 1.75. The minimum absolute atomic E-state index is 0.0284. The first kappa shape index (κ1) is 17.3. The van der Waals surface area contributed by atoms with Crippen LogP contribution >= 0.6 is 11.6 Å². The van der Waals surface area contributed by atoms with Gasteiger partial charge in [-0.2, -0.15) is 4.99 Å². The first-order valence-electron chi connectivity index (χ1n) is 7.73. The maximum Gasteiger partial charge on any atom is 0.304 e. The second-order valence-electron chi connectivity index (χ2n) is 5.75. The molecular formula is C17H11ClF3N5O. The van der Waals surface area contributed by atoms with Gasteiger partial charge in [0.05, 0.1) is 24.8 Å². The van der Waals surface area contributed by atoms with E-state index in [1.54, 1.807) is 35.0 Å². The zero-order chi connectivity index (χ0) is 19.1. The molecule has 1 aromatic carbocycles. The number of aromatic nitrogens is 3. The van der Waals surface area contributed by atoms with Crippen LogP contribution in [0.25, 0.3) is 0 Å². The number of amidine groups is 1. The van der Waals surface area contributed by atoms with Gasteiger partial charge in [0.1, 0.15) is 16.6 Å². The van der Waals surface area contributed by atoms with E-state index >= 15 is 0 Å². The molecule has 0 unspecified atom stereocenters. The van der Waals surface area contributed by atoms with Gasteiger partial charge >= 0.3 is 6.02 Å². The molecule has 3 heterocycles. The van der Waals surface area contributed by atoms with Crippen molar-refractivity contribution in [2.24, 2.45) is 12.0 Å². The average Bonchev–Trinajstić information content (AvgIpc) is 3.00. The van der Waals surface area contributed by atoms with Crippen LogP contribution in [0.15, 0.2) is 41.8 Å². The van der Waals surface area contributed by atoms with Crippen molar-refractivity contribution in [2.75, 3.05) is 4.90 Å². The van der Waals surface area contributed by atoms with Crippen molar-refractivity contribution >= 4 is 29.1 Å². The molecule has 4 rings (SSSR count). The molecule has 6 nitrogen and oxygen atoms in total. The van der Waals surface area contributed by atoms with Gasteiger partial charge in [-0.05, 0) is 12.1 Å². The molecule has 0 radical (unpaired) electrons. The summed E-state index contributed by atoms with van der Waals surface area (Å²) in [6.45, 7) is 0.282. The lowest BCUT2D eigenvalue weighted by atomic mass is 10.3. The predicted molar refractivity (Wildman–Crippen MR) is 92.7 cm³/mol. The molecule has 0 N–H and O–H groups in total. The summed E-state index contributed by atoms with van der Waals surface area (Å²) < 4.78 is 47.5. The third-order valence-electron chi connectivity index (χ3n) is 3.91. The fourth-order valence-corrected chi connectivity index (χ4v) is 2.71. The number of anilines is 1. The Kier molecular flexibility index (Phi) is 4.23. The molecule has 3 aromatic rings. The molecule has 0 aliphatic carbocycles. The fraction of sp³-hybridized carbons (Fsp3) is 0.118. The van der Waals surface area contributed by atoms with Gasteiger partial charge in [-0.25, -0.2) is 23.1 Å². The number of aliphatic imine (C=N–C) groups is 1. The zero-order valence-electron chi connectivity index (χ0n) is 13.8. The second kappa shape index (κ2) is 6.58. The van der Waals surface area contributed by atoms with Gasteiger partial charge in [-0.15, -0.1) is 0 Å². The lowest BCUT2D eigenvalue weighted by molar-refractivity contribution is 0.433. The van der Waals surface area contributed by atoms with Crippen LogP contribution in [0.3, 0.4) is 0 Å². The molecule has 2 aromatic heterocycles. The van der Waals surface area contributed by atoms with Crippen molar-refractivity contribution in [3.63, 3.8) is 0 Å². The normalized spacial score (nSPS) is 13.4. The minimum atomic E-state index is -1.57. The number of hydrogen-bond donors (Lipinski definition) is 0. The average molecular weight is 394 g/mol. The summed E-state index contributed by atoms with van der Waals surface area (Å²) in [5.41, 5.74) is 1.26. The van der Waals surface area contributed by atoms with E-state index < -0.39 is 17.5 Å². The number of benzene rings is 1. The number of fused-ring (bicyclic) bond motifs is 1. The highest BCUT2D eigenvalue weighted by molar-refractivity contribution is 6.29. The topological polar surface area (TPSA) is 55.5 Å². The van der Waals surface area contributed by atoms with Crippen molar-refractivity contribution in [1.29, 1.82) is 0 Å². The predicted octanol–water partition coefficient (Wildman–Crippen LogP) is 3.97. The van der Waals surface area contributed by atoms with E-state index in [0.29, 0.717) is 22.4 Å². The number of hydrogen-bond acceptors (Lipinski definition) is 5. The van der Waals surface area contributed by atoms with Gasteiger partial charge in [0, 0.05) is 19.2 Å². The molecule has 27 heavy (non-hydrogen) atoms. The number of rotatable bonds is 2. The van der Waals surface area contributed by atoms with E-state index in [-0.39, 0.29) is 18.3 Å². The summed E-state index contributed by atoms with van der Waals surface area (Å²) in [5, 5.41) is 0.302. The third kappa shape index (κ3) is 3.21. The summed E-state index contributed by atoms with van der Waals surface area (Å²) in [6, 6.07) is 4.80. The molecule has 0 atom stereocenters. The highest BCUT2D eigenvalue weighted by Gasteiger charge is 2.27. The van der Waals surface area contributed by atoms with Crippen LogP contribution in [0.4, 0.5) is 24.7 Å². The van der Waals surface area contributed by atoms with Gasteiger partial charge in [0.2, 0.25) is 0 Å². The highest BCUT2D eigenvalue weighted by atomic mass is 35.5. The molecule has 0 bridgehead atoms. The largest absolute Gasteiger partial charge is 0.425 e. The monoisotopic (exact) mass is 393 g/mol. The fourth-order valence-electron chi connectivity index (χ4n) is 2.60. The van der Waals surface area contributed by atoms with E-state index in [1.165, 1.54) is 6.20 Å². The smallest absolute Gasteiger partial charge is 0.304 e. The zero-order valence-corrected chi connectivity index (χ0v) is 14.6. The van der Waals surface area contributed by atoms with Crippen LogP contribution in [0, 0.1) is 17.5 Å². The van der Waals surface area contributed by atoms with Crippen LogP contribution in [0.2, 0.25) is 5.15 Å². The van der Waals surface area contributed by atoms with Crippen molar-refractivity contribution in [2.45, 2.75) is 6.54 Å². The molecule has 138 valence electrons. The van der Waals surface area contributed by atoms with E-state index in [1.807, 2.05) is 0 Å². The number of nitrogens with zero attached hydrogens (tertiary/aromatic N) is 5. The summed E-state index contributed by atoms with van der Waals surface area (Å²) in [4.78, 5) is 14.3. The molecule has 1 aliphatic heterocycles. The van der Waals surface area contributed by atoms with Gasteiger partial charge in [0.25, 0.3) is 0 Å². The Bertz CT molecular complexity index is 1030. The summed E-state index contributed by atoms with van der Waals surface area (Å²) >= 11 is 5.83. The van der Waals surface area contributed by atoms with Crippen LogP contribution < -0.4 is 9.64 Å². The summed E-state index contributed by atoms with van der Waals surface area (Å²) in [6.07, 6.45) is 3.09. The Morgan fingerprint density at radius 2 is 1.85 bits per heavy atom. The molecule has 0 fully saturated rings. The Labute approximate surface area is 156 Å². The maximum atomic E-state index is 13.5. The van der Waals surface area contributed by atoms with Crippen molar-refractivity contribution < 1.29 is 17.9 Å².